The Bertz CT molecular complexity index is 644. The lowest BCUT2D eigenvalue weighted by atomic mass is 10.2. The zero-order valence-corrected chi connectivity index (χ0v) is 14.4. The normalized spacial score (nSPS) is 12.7. The summed E-state index contributed by atoms with van der Waals surface area (Å²) in [5.41, 5.74) is 1.33. The highest BCUT2D eigenvalue weighted by Gasteiger charge is 2.14. The van der Waals surface area contributed by atoms with Gasteiger partial charge in [-0.3, -0.25) is 0 Å². The minimum absolute atomic E-state index is 0.463. The van der Waals surface area contributed by atoms with Crippen molar-refractivity contribution in [1.82, 2.24) is 0 Å². The zero-order valence-electron chi connectivity index (χ0n) is 11.9. The largest absolute Gasteiger partial charge is 0.0990 e. The van der Waals surface area contributed by atoms with Crippen molar-refractivity contribution in [2.45, 2.75) is 6.16 Å². The Morgan fingerprint density at radius 2 is 1.81 bits per heavy atom. The van der Waals surface area contributed by atoms with Crippen molar-refractivity contribution in [1.29, 1.82) is 0 Å². The van der Waals surface area contributed by atoms with Crippen LogP contribution in [0.25, 0.3) is 0 Å². The molecule has 0 nitrogen and oxygen atoms in total. The summed E-state index contributed by atoms with van der Waals surface area (Å²) in [6, 6.07) is 19.2. The summed E-state index contributed by atoms with van der Waals surface area (Å²) in [4.78, 5) is 0. The van der Waals surface area contributed by atoms with Gasteiger partial charge < -0.3 is 0 Å². The van der Waals surface area contributed by atoms with Crippen molar-refractivity contribution < 1.29 is 0 Å². The van der Waals surface area contributed by atoms with Crippen LogP contribution in [0.3, 0.4) is 0 Å². The molecule has 1 atom stereocenters. The van der Waals surface area contributed by atoms with Gasteiger partial charge in [0.25, 0.3) is 0 Å². The molecule has 2 heteroatoms. The van der Waals surface area contributed by atoms with Gasteiger partial charge in [0.15, 0.2) is 0 Å². The number of hydrogen-bond donors (Lipinski definition) is 0. The molecule has 0 heterocycles. The van der Waals surface area contributed by atoms with Gasteiger partial charge in [-0.15, -0.1) is 0 Å². The van der Waals surface area contributed by atoms with E-state index in [1.807, 2.05) is 12.2 Å². The number of allylic oxidation sites excluding steroid dienone is 4. The molecule has 1 unspecified atom stereocenters. The third-order valence-corrected chi connectivity index (χ3v) is 6.16. The molecule has 0 N–H and O–H groups in total. The average Bonchev–Trinajstić information content (AvgIpc) is 2.51. The maximum Gasteiger partial charge on any atom is 0.0178 e. The molecule has 0 bridgehead atoms. The van der Waals surface area contributed by atoms with E-state index in [-0.39, 0.29) is 0 Å². The van der Waals surface area contributed by atoms with Gasteiger partial charge in [-0.1, -0.05) is 89.8 Å². The first-order chi connectivity index (χ1) is 10.2. The van der Waals surface area contributed by atoms with E-state index >= 15 is 0 Å². The van der Waals surface area contributed by atoms with Gasteiger partial charge in [0.05, 0.1) is 0 Å². The molecule has 21 heavy (non-hydrogen) atoms. The minimum Gasteiger partial charge on any atom is -0.0990 e. The molecule has 0 aliphatic heterocycles. The second-order valence-corrected chi connectivity index (χ2v) is 7.70. The highest BCUT2D eigenvalue weighted by atomic mass is 79.9. The van der Waals surface area contributed by atoms with Gasteiger partial charge in [-0.25, -0.2) is 0 Å². The first-order valence-corrected chi connectivity index (χ1v) is 9.09. The second-order valence-electron chi connectivity index (χ2n) is 4.58. The van der Waals surface area contributed by atoms with Crippen molar-refractivity contribution >= 4 is 29.2 Å². The molecule has 0 aliphatic carbocycles. The Balaban J connectivity index is 2.39. The smallest absolute Gasteiger partial charge is 0.0178 e. The van der Waals surface area contributed by atoms with Crippen LogP contribution in [0.2, 0.25) is 0 Å². The molecule has 106 valence electrons. The quantitative estimate of drug-likeness (QED) is 0.439. The van der Waals surface area contributed by atoms with Crippen LogP contribution in [-0.2, 0) is 6.16 Å². The monoisotopic (exact) mass is 356 g/mol. The molecule has 0 aliphatic rings. The molecular formula is C19H18BrP. The fourth-order valence-corrected chi connectivity index (χ4v) is 4.86. The molecule has 2 aromatic carbocycles. The van der Waals surface area contributed by atoms with Gasteiger partial charge in [0, 0.05) is 10.6 Å². The standard InChI is InChI=1S/C19H18BrP/c1-3-9-18(4-2)21(19-12-6-5-7-13-19)15-16-10-8-11-17(20)14-16/h3-14H,1-2,15H2/b18-9+. The third-order valence-electron chi connectivity index (χ3n) is 3.11. The zero-order chi connectivity index (χ0) is 15.1. The summed E-state index contributed by atoms with van der Waals surface area (Å²) >= 11 is 3.55. The maximum atomic E-state index is 3.98. The number of benzene rings is 2. The Labute approximate surface area is 136 Å². The van der Waals surface area contributed by atoms with E-state index in [1.165, 1.54) is 16.2 Å². The van der Waals surface area contributed by atoms with Crippen LogP contribution in [0, 0.1) is 0 Å². The number of rotatable bonds is 6. The van der Waals surface area contributed by atoms with Crippen LogP contribution >= 0.6 is 23.9 Å². The summed E-state index contributed by atoms with van der Waals surface area (Å²) in [6.45, 7) is 7.80. The maximum absolute atomic E-state index is 3.98. The summed E-state index contributed by atoms with van der Waals surface area (Å²) in [5.74, 6) is 0. The van der Waals surface area contributed by atoms with E-state index in [4.69, 9.17) is 0 Å². The Morgan fingerprint density at radius 1 is 1.05 bits per heavy atom. The molecule has 2 rings (SSSR count). The summed E-state index contributed by atoms with van der Waals surface area (Å²) < 4.78 is 1.12. The van der Waals surface area contributed by atoms with Crippen LogP contribution in [-0.4, -0.2) is 0 Å². The van der Waals surface area contributed by atoms with Gasteiger partial charge in [0.2, 0.25) is 0 Å². The van der Waals surface area contributed by atoms with E-state index in [2.05, 4.69) is 89.8 Å². The highest BCUT2D eigenvalue weighted by Crippen LogP contribution is 2.47. The average molecular weight is 357 g/mol. The second kappa shape index (κ2) is 8.12. The summed E-state index contributed by atoms with van der Waals surface area (Å²) in [5, 5.41) is 2.62. The van der Waals surface area contributed by atoms with E-state index in [1.54, 1.807) is 0 Å². The summed E-state index contributed by atoms with van der Waals surface area (Å²) in [6.07, 6.45) is 6.88. The van der Waals surface area contributed by atoms with Crippen molar-refractivity contribution in [3.8, 4) is 0 Å². The first kappa shape index (κ1) is 15.9. The van der Waals surface area contributed by atoms with Crippen LogP contribution in [0.1, 0.15) is 5.56 Å². The molecular weight excluding hydrogens is 339 g/mol. The van der Waals surface area contributed by atoms with Crippen molar-refractivity contribution in [2.24, 2.45) is 0 Å². The topological polar surface area (TPSA) is 0 Å². The van der Waals surface area contributed by atoms with Gasteiger partial charge in [-0.2, -0.15) is 0 Å². The van der Waals surface area contributed by atoms with Crippen LogP contribution in [0.5, 0.6) is 0 Å². The lowest BCUT2D eigenvalue weighted by Gasteiger charge is -2.19. The molecule has 0 radical (unpaired) electrons. The molecule has 0 saturated carbocycles. The lowest BCUT2D eigenvalue weighted by molar-refractivity contribution is 1.38. The fourth-order valence-electron chi connectivity index (χ4n) is 2.15. The number of hydrogen-bond acceptors (Lipinski definition) is 0. The molecule has 2 aromatic rings. The van der Waals surface area contributed by atoms with Crippen LogP contribution in [0.4, 0.5) is 0 Å². The Morgan fingerprint density at radius 3 is 2.43 bits per heavy atom. The van der Waals surface area contributed by atoms with E-state index in [9.17, 15) is 0 Å². The molecule has 0 spiro atoms. The number of halogens is 1. The van der Waals surface area contributed by atoms with E-state index < -0.39 is 7.92 Å². The van der Waals surface area contributed by atoms with Crippen LogP contribution in [0.15, 0.2) is 95.8 Å². The predicted molar refractivity (Wildman–Crippen MR) is 99.3 cm³/mol. The third kappa shape index (κ3) is 4.52. The Kier molecular flexibility index (Phi) is 6.17. The molecule has 0 amide bonds. The van der Waals surface area contributed by atoms with Crippen LogP contribution < -0.4 is 5.30 Å². The van der Waals surface area contributed by atoms with E-state index in [0.29, 0.717) is 0 Å². The van der Waals surface area contributed by atoms with E-state index in [0.717, 1.165) is 10.6 Å². The van der Waals surface area contributed by atoms with Gasteiger partial charge in [0.1, 0.15) is 0 Å². The molecule has 0 saturated heterocycles. The predicted octanol–water partition coefficient (Wildman–Crippen LogP) is 6.01. The Hall–Kier alpha value is -1.43. The summed E-state index contributed by atoms with van der Waals surface area (Å²) in [7, 11) is -0.463. The minimum atomic E-state index is -0.463. The van der Waals surface area contributed by atoms with Gasteiger partial charge >= 0.3 is 0 Å². The fraction of sp³-hybridized carbons (Fsp3) is 0.0526. The highest BCUT2D eigenvalue weighted by molar-refractivity contribution is 9.10. The van der Waals surface area contributed by atoms with Crippen molar-refractivity contribution in [3.05, 3.63) is 101 Å². The van der Waals surface area contributed by atoms with Gasteiger partial charge in [-0.05, 0) is 36.2 Å². The SMILES string of the molecule is C=C/C=C(\C=C)P(Cc1cccc(Br)c1)c1ccccc1. The molecule has 0 fully saturated rings. The first-order valence-electron chi connectivity index (χ1n) is 6.77. The lowest BCUT2D eigenvalue weighted by Crippen LogP contribution is -2.03. The van der Waals surface area contributed by atoms with Crippen molar-refractivity contribution in [3.63, 3.8) is 0 Å². The molecule has 0 aromatic heterocycles. The van der Waals surface area contributed by atoms with Crippen molar-refractivity contribution in [2.75, 3.05) is 0 Å².